The maximum Gasteiger partial charge on any atom is 0.223 e. The van der Waals surface area contributed by atoms with E-state index in [9.17, 15) is 23.5 Å². The van der Waals surface area contributed by atoms with Crippen molar-refractivity contribution in [2.45, 2.75) is 44.6 Å². The lowest BCUT2D eigenvalue weighted by molar-refractivity contribution is -0.128. The second kappa shape index (κ2) is 9.40. The van der Waals surface area contributed by atoms with Crippen molar-refractivity contribution in [1.82, 2.24) is 10.6 Å². The van der Waals surface area contributed by atoms with Gasteiger partial charge in [0.15, 0.2) is 0 Å². The number of nitrogens with one attached hydrogen (secondary N) is 2. The Balaban J connectivity index is 1.86. The number of carbonyl (C=O) groups is 2. The van der Waals surface area contributed by atoms with Gasteiger partial charge >= 0.3 is 0 Å². The van der Waals surface area contributed by atoms with Crippen LogP contribution in [0.5, 0.6) is 0 Å². The van der Waals surface area contributed by atoms with Gasteiger partial charge in [-0.1, -0.05) is 19.1 Å². The van der Waals surface area contributed by atoms with E-state index in [0.717, 1.165) is 18.2 Å². The van der Waals surface area contributed by atoms with Gasteiger partial charge in [-0.15, -0.1) is 0 Å². The van der Waals surface area contributed by atoms with E-state index in [4.69, 9.17) is 4.74 Å². The van der Waals surface area contributed by atoms with Gasteiger partial charge in [0.25, 0.3) is 0 Å². The fraction of sp³-hybridized carbons (Fsp3) is 0.444. The first-order valence-electron chi connectivity index (χ1n) is 8.37. The first kappa shape index (κ1) is 20.0. The molecule has 1 aliphatic heterocycles. The smallest absolute Gasteiger partial charge is 0.223 e. The predicted octanol–water partition coefficient (Wildman–Crippen LogP) is 1.18. The molecule has 142 valence electrons. The van der Waals surface area contributed by atoms with E-state index in [1.807, 2.05) is 0 Å². The van der Waals surface area contributed by atoms with Crippen LogP contribution in [0.3, 0.4) is 0 Å². The molecule has 0 aliphatic carbocycles. The van der Waals surface area contributed by atoms with E-state index in [0.29, 0.717) is 12.0 Å². The molecule has 1 aromatic rings. The maximum absolute atomic E-state index is 13.1. The van der Waals surface area contributed by atoms with Crippen LogP contribution in [0.1, 0.15) is 25.3 Å². The Morgan fingerprint density at radius 2 is 1.85 bits per heavy atom. The number of carbonyl (C=O) groups excluding carboxylic acids is 2. The zero-order chi connectivity index (χ0) is 19.1. The van der Waals surface area contributed by atoms with Gasteiger partial charge in [0.05, 0.1) is 25.2 Å². The molecule has 0 saturated heterocycles. The first-order valence-corrected chi connectivity index (χ1v) is 8.37. The summed E-state index contributed by atoms with van der Waals surface area (Å²) in [5.41, 5.74) is 0.312. The summed E-state index contributed by atoms with van der Waals surface area (Å²) in [6, 6.07) is 2.59. The zero-order valence-corrected chi connectivity index (χ0v) is 14.4. The molecule has 0 fully saturated rings. The van der Waals surface area contributed by atoms with Crippen molar-refractivity contribution in [3.05, 3.63) is 47.5 Å². The summed E-state index contributed by atoms with van der Waals surface area (Å²) in [5.74, 6) is -1.95. The molecule has 6 nitrogen and oxygen atoms in total. The maximum atomic E-state index is 13.1. The summed E-state index contributed by atoms with van der Waals surface area (Å²) < 4.78 is 31.9. The van der Waals surface area contributed by atoms with Crippen molar-refractivity contribution in [2.75, 3.05) is 6.61 Å². The lowest BCUT2D eigenvalue weighted by atomic mass is 10.0. The van der Waals surface area contributed by atoms with Gasteiger partial charge in [0.2, 0.25) is 11.8 Å². The van der Waals surface area contributed by atoms with Crippen LogP contribution in [0.4, 0.5) is 8.78 Å². The third-order valence-corrected chi connectivity index (χ3v) is 3.91. The van der Waals surface area contributed by atoms with Gasteiger partial charge in [-0.05, 0) is 17.7 Å². The Hall–Kier alpha value is -2.32. The van der Waals surface area contributed by atoms with Gasteiger partial charge in [0, 0.05) is 19.0 Å². The van der Waals surface area contributed by atoms with Crippen LogP contribution in [0.25, 0.3) is 0 Å². The molecular weight excluding hydrogens is 346 g/mol. The highest BCUT2D eigenvalue weighted by molar-refractivity contribution is 5.77. The van der Waals surface area contributed by atoms with E-state index in [-0.39, 0.29) is 31.4 Å². The summed E-state index contributed by atoms with van der Waals surface area (Å²) in [7, 11) is 0. The van der Waals surface area contributed by atoms with Crippen LogP contribution in [-0.4, -0.2) is 41.8 Å². The molecule has 0 spiro atoms. The summed E-state index contributed by atoms with van der Waals surface area (Å²) in [6.45, 7) is 1.40. The second-order valence-electron chi connectivity index (χ2n) is 5.99. The Morgan fingerprint density at radius 3 is 2.46 bits per heavy atom. The van der Waals surface area contributed by atoms with Crippen molar-refractivity contribution in [2.24, 2.45) is 0 Å². The lowest BCUT2D eigenvalue weighted by Gasteiger charge is -2.31. The lowest BCUT2D eigenvalue weighted by Crippen LogP contribution is -2.48. The minimum atomic E-state index is -0.709. The number of benzene rings is 1. The van der Waals surface area contributed by atoms with E-state index in [2.05, 4.69) is 10.6 Å². The molecular formula is C18H22F2N2O4. The van der Waals surface area contributed by atoms with Crippen LogP contribution in [-0.2, 0) is 20.9 Å². The number of hydrogen-bond donors (Lipinski definition) is 3. The molecule has 0 radical (unpaired) electrons. The molecule has 1 heterocycles. The zero-order valence-electron chi connectivity index (χ0n) is 14.4. The standard InChI is InChI=1S/C18H22F2N2O4/c1-2-17(24)22-15-4-3-14(26-16(15)10-23)8-18(25)21-9-11-5-12(19)7-13(20)6-11/h3-7,14-16,23H,2,8-10H2,1H3,(H,21,25)(H,22,24)/t14-,15-,16+/m0/s1. The number of aliphatic hydroxyl groups excluding tert-OH is 1. The molecule has 26 heavy (non-hydrogen) atoms. The Morgan fingerprint density at radius 1 is 1.15 bits per heavy atom. The molecule has 1 aromatic carbocycles. The number of halogens is 2. The highest BCUT2D eigenvalue weighted by atomic mass is 19.1. The molecule has 3 N–H and O–H groups in total. The third kappa shape index (κ3) is 5.89. The molecule has 1 aliphatic rings. The van der Waals surface area contributed by atoms with Crippen molar-refractivity contribution in [3.8, 4) is 0 Å². The number of aliphatic hydroxyl groups is 1. The van der Waals surface area contributed by atoms with Gasteiger partial charge < -0.3 is 20.5 Å². The fourth-order valence-electron chi connectivity index (χ4n) is 2.59. The predicted molar refractivity (Wildman–Crippen MR) is 89.9 cm³/mol. The van der Waals surface area contributed by atoms with E-state index >= 15 is 0 Å². The topological polar surface area (TPSA) is 87.7 Å². The molecule has 0 aromatic heterocycles. The van der Waals surface area contributed by atoms with Crippen LogP contribution >= 0.6 is 0 Å². The quantitative estimate of drug-likeness (QED) is 0.631. The van der Waals surface area contributed by atoms with Crippen molar-refractivity contribution in [3.63, 3.8) is 0 Å². The molecule has 0 unspecified atom stereocenters. The fourth-order valence-corrected chi connectivity index (χ4v) is 2.59. The van der Waals surface area contributed by atoms with Crippen molar-refractivity contribution < 1.29 is 28.2 Å². The van der Waals surface area contributed by atoms with E-state index < -0.39 is 29.9 Å². The van der Waals surface area contributed by atoms with Gasteiger partial charge in [-0.2, -0.15) is 0 Å². The van der Waals surface area contributed by atoms with Gasteiger partial charge in [0.1, 0.15) is 17.7 Å². The Bertz CT molecular complexity index is 661. The third-order valence-electron chi connectivity index (χ3n) is 3.91. The largest absolute Gasteiger partial charge is 0.394 e. The molecule has 2 amide bonds. The molecule has 0 bridgehead atoms. The minimum absolute atomic E-state index is 0.0114. The molecule has 2 rings (SSSR count). The summed E-state index contributed by atoms with van der Waals surface area (Å²) in [4.78, 5) is 23.5. The molecule has 0 saturated carbocycles. The number of ether oxygens (including phenoxy) is 1. The van der Waals surface area contributed by atoms with Crippen LogP contribution in [0.15, 0.2) is 30.4 Å². The molecule has 8 heteroatoms. The van der Waals surface area contributed by atoms with Crippen molar-refractivity contribution in [1.29, 1.82) is 0 Å². The Labute approximate surface area is 150 Å². The highest BCUT2D eigenvalue weighted by Crippen LogP contribution is 2.16. The SMILES string of the molecule is CCC(=O)N[C@H]1C=C[C@@H](CC(=O)NCc2cc(F)cc(F)c2)O[C@@H]1CO. The molecule has 3 atom stereocenters. The average molecular weight is 368 g/mol. The number of rotatable bonds is 7. The number of amides is 2. The van der Waals surface area contributed by atoms with E-state index in [1.165, 1.54) is 0 Å². The monoisotopic (exact) mass is 368 g/mol. The van der Waals surface area contributed by atoms with E-state index in [1.54, 1.807) is 19.1 Å². The normalized spacial score (nSPS) is 22.1. The first-order chi connectivity index (χ1) is 12.4. The second-order valence-corrected chi connectivity index (χ2v) is 5.99. The van der Waals surface area contributed by atoms with Crippen LogP contribution in [0, 0.1) is 11.6 Å². The van der Waals surface area contributed by atoms with Crippen LogP contribution in [0.2, 0.25) is 0 Å². The summed E-state index contributed by atoms with van der Waals surface area (Å²) >= 11 is 0. The number of hydrogen-bond acceptors (Lipinski definition) is 4. The van der Waals surface area contributed by atoms with Gasteiger partial charge in [-0.3, -0.25) is 9.59 Å². The summed E-state index contributed by atoms with van der Waals surface area (Å²) in [5, 5.41) is 14.7. The Kier molecular flexibility index (Phi) is 7.23. The van der Waals surface area contributed by atoms with Crippen molar-refractivity contribution >= 4 is 11.8 Å². The summed E-state index contributed by atoms with van der Waals surface area (Å²) in [6.07, 6.45) is 2.43. The highest BCUT2D eigenvalue weighted by Gasteiger charge is 2.28. The van der Waals surface area contributed by atoms with Gasteiger partial charge in [-0.25, -0.2) is 8.78 Å². The van der Waals surface area contributed by atoms with Crippen LogP contribution < -0.4 is 10.6 Å². The average Bonchev–Trinajstić information content (AvgIpc) is 2.60. The minimum Gasteiger partial charge on any atom is -0.394 e.